The van der Waals surface area contributed by atoms with Crippen molar-refractivity contribution < 1.29 is 4.79 Å². The highest BCUT2D eigenvalue weighted by molar-refractivity contribution is 5.90. The lowest BCUT2D eigenvalue weighted by atomic mass is 9.99. The van der Waals surface area contributed by atoms with Crippen molar-refractivity contribution in [2.24, 2.45) is 0 Å². The molecule has 4 heteroatoms. The Morgan fingerprint density at radius 3 is 2.48 bits per heavy atom. The zero-order chi connectivity index (χ0) is 18.8. The maximum Gasteiger partial charge on any atom is 0.322 e. The number of urea groups is 1. The number of aryl methyl sites for hydroxylation is 2. The molecule has 2 amide bonds. The normalized spacial score (nSPS) is 16.1. The van der Waals surface area contributed by atoms with Gasteiger partial charge in [0.05, 0.1) is 6.04 Å². The third-order valence-electron chi connectivity index (χ3n) is 5.31. The van der Waals surface area contributed by atoms with E-state index >= 15 is 0 Å². The summed E-state index contributed by atoms with van der Waals surface area (Å²) in [6.45, 7) is 5.70. The van der Waals surface area contributed by atoms with Crippen LogP contribution >= 0.6 is 0 Å². The Bertz CT molecular complexity index is 925. The number of anilines is 1. The molecule has 2 aromatic carbocycles. The van der Waals surface area contributed by atoms with Crippen LogP contribution in [0.2, 0.25) is 0 Å². The molecule has 2 heterocycles. The number of carbonyl (C=O) groups is 1. The van der Waals surface area contributed by atoms with Crippen LogP contribution in [-0.2, 0) is 13.0 Å². The first-order chi connectivity index (χ1) is 13.2. The lowest BCUT2D eigenvalue weighted by Crippen LogP contribution is -2.44. The van der Waals surface area contributed by atoms with Crippen LogP contribution in [0.25, 0.3) is 0 Å². The molecule has 138 valence electrons. The van der Waals surface area contributed by atoms with Crippen molar-refractivity contribution in [1.82, 2.24) is 9.47 Å². The highest BCUT2D eigenvalue weighted by Gasteiger charge is 2.32. The standard InChI is InChI=1S/C23H25N3O/c1-3-18-8-12-20(13-9-18)24-23(27)26-16-15-25-14-4-5-21(25)22(26)19-10-6-17(2)7-11-19/h4-14,22H,3,15-16H2,1-2H3,(H,24,27)/t22-/m1/s1. The summed E-state index contributed by atoms with van der Waals surface area (Å²) >= 11 is 0. The minimum absolute atomic E-state index is 0.0581. The largest absolute Gasteiger partial charge is 0.348 e. The average Bonchev–Trinajstić information content (AvgIpc) is 3.17. The van der Waals surface area contributed by atoms with Crippen LogP contribution in [0.5, 0.6) is 0 Å². The fourth-order valence-corrected chi connectivity index (χ4v) is 3.72. The number of rotatable bonds is 3. The summed E-state index contributed by atoms with van der Waals surface area (Å²) in [7, 11) is 0. The summed E-state index contributed by atoms with van der Waals surface area (Å²) in [6, 6.07) is 20.6. The third-order valence-corrected chi connectivity index (χ3v) is 5.31. The first-order valence-electron chi connectivity index (χ1n) is 9.54. The molecule has 0 bridgehead atoms. The minimum Gasteiger partial charge on any atom is -0.348 e. The first-order valence-corrected chi connectivity index (χ1v) is 9.54. The molecule has 27 heavy (non-hydrogen) atoms. The van der Waals surface area contributed by atoms with Crippen molar-refractivity contribution in [3.05, 3.63) is 89.2 Å². The number of aromatic nitrogens is 1. The van der Waals surface area contributed by atoms with Gasteiger partial charge in [0.15, 0.2) is 0 Å². The molecule has 0 radical (unpaired) electrons. The van der Waals surface area contributed by atoms with E-state index < -0.39 is 0 Å². The van der Waals surface area contributed by atoms with Gasteiger partial charge in [-0.3, -0.25) is 0 Å². The summed E-state index contributed by atoms with van der Waals surface area (Å²) in [5, 5.41) is 3.07. The zero-order valence-corrected chi connectivity index (χ0v) is 15.9. The molecule has 1 aromatic heterocycles. The van der Waals surface area contributed by atoms with E-state index in [1.54, 1.807) is 0 Å². The van der Waals surface area contributed by atoms with Crippen molar-refractivity contribution in [2.45, 2.75) is 32.9 Å². The van der Waals surface area contributed by atoms with Gasteiger partial charge in [0, 0.05) is 30.7 Å². The predicted molar refractivity (Wildman–Crippen MR) is 109 cm³/mol. The fraction of sp³-hybridized carbons (Fsp3) is 0.261. The summed E-state index contributed by atoms with van der Waals surface area (Å²) in [4.78, 5) is 15.0. The van der Waals surface area contributed by atoms with E-state index in [0.29, 0.717) is 6.54 Å². The van der Waals surface area contributed by atoms with Gasteiger partial charge in [-0.1, -0.05) is 48.9 Å². The van der Waals surface area contributed by atoms with Crippen LogP contribution in [0.15, 0.2) is 66.9 Å². The van der Waals surface area contributed by atoms with E-state index in [2.05, 4.69) is 78.5 Å². The van der Waals surface area contributed by atoms with E-state index in [4.69, 9.17) is 0 Å². The van der Waals surface area contributed by atoms with Gasteiger partial charge in [-0.05, 0) is 48.7 Å². The van der Waals surface area contributed by atoms with Gasteiger partial charge in [0.1, 0.15) is 0 Å². The summed E-state index contributed by atoms with van der Waals surface area (Å²) in [5.74, 6) is 0. The Hall–Kier alpha value is -3.01. The monoisotopic (exact) mass is 359 g/mol. The molecule has 0 fully saturated rings. The molecule has 1 N–H and O–H groups in total. The molecule has 1 aliphatic heterocycles. The molecule has 0 spiro atoms. The second-order valence-electron chi connectivity index (χ2n) is 7.11. The van der Waals surface area contributed by atoms with Crippen molar-refractivity contribution in [2.75, 3.05) is 11.9 Å². The lowest BCUT2D eigenvalue weighted by Gasteiger charge is -2.37. The SMILES string of the molecule is CCc1ccc(NC(=O)N2CCn3cccc3[C@H]2c2ccc(C)cc2)cc1. The maximum absolute atomic E-state index is 13.1. The Labute approximate surface area is 160 Å². The van der Waals surface area contributed by atoms with Gasteiger partial charge in [-0.25, -0.2) is 4.79 Å². The molecule has 1 atom stereocenters. The topological polar surface area (TPSA) is 37.3 Å². The molecule has 0 aliphatic carbocycles. The molecular weight excluding hydrogens is 334 g/mol. The van der Waals surface area contributed by atoms with Gasteiger partial charge in [0.25, 0.3) is 0 Å². The van der Waals surface area contributed by atoms with Crippen LogP contribution in [0.4, 0.5) is 10.5 Å². The minimum atomic E-state index is -0.0794. The first kappa shape index (κ1) is 17.4. The molecule has 4 rings (SSSR count). The molecule has 0 saturated heterocycles. The Morgan fingerprint density at radius 1 is 1.04 bits per heavy atom. The second-order valence-corrected chi connectivity index (χ2v) is 7.11. The predicted octanol–water partition coefficient (Wildman–Crippen LogP) is 5.00. The number of carbonyl (C=O) groups excluding carboxylic acids is 1. The molecule has 0 saturated carbocycles. The fourth-order valence-electron chi connectivity index (χ4n) is 3.72. The quantitative estimate of drug-likeness (QED) is 0.702. The van der Waals surface area contributed by atoms with Crippen molar-refractivity contribution >= 4 is 11.7 Å². The van der Waals surface area contributed by atoms with E-state index in [9.17, 15) is 4.79 Å². The van der Waals surface area contributed by atoms with Gasteiger partial charge in [-0.2, -0.15) is 0 Å². The Morgan fingerprint density at radius 2 is 1.78 bits per heavy atom. The van der Waals surface area contributed by atoms with Crippen molar-refractivity contribution in [3.8, 4) is 0 Å². The van der Waals surface area contributed by atoms with Crippen LogP contribution < -0.4 is 5.32 Å². The number of nitrogens with zero attached hydrogens (tertiary/aromatic N) is 2. The molecule has 4 nitrogen and oxygen atoms in total. The average molecular weight is 359 g/mol. The van der Waals surface area contributed by atoms with Gasteiger partial charge >= 0.3 is 6.03 Å². The van der Waals surface area contributed by atoms with Crippen molar-refractivity contribution in [1.29, 1.82) is 0 Å². The zero-order valence-electron chi connectivity index (χ0n) is 15.9. The molecular formula is C23H25N3O. The lowest BCUT2D eigenvalue weighted by molar-refractivity contribution is 0.182. The van der Waals surface area contributed by atoms with E-state index in [1.165, 1.54) is 11.1 Å². The van der Waals surface area contributed by atoms with Gasteiger partial charge in [-0.15, -0.1) is 0 Å². The van der Waals surface area contributed by atoms with E-state index in [1.807, 2.05) is 17.0 Å². The Kier molecular flexibility index (Phi) is 4.71. The summed E-state index contributed by atoms with van der Waals surface area (Å²) in [5.41, 5.74) is 5.61. The summed E-state index contributed by atoms with van der Waals surface area (Å²) < 4.78 is 2.24. The molecule has 1 aliphatic rings. The number of hydrogen-bond donors (Lipinski definition) is 1. The van der Waals surface area contributed by atoms with Crippen LogP contribution in [0.1, 0.15) is 35.3 Å². The van der Waals surface area contributed by atoms with Crippen LogP contribution in [-0.4, -0.2) is 22.0 Å². The molecule has 3 aromatic rings. The number of fused-ring (bicyclic) bond motifs is 1. The number of hydrogen-bond acceptors (Lipinski definition) is 1. The van der Waals surface area contributed by atoms with Gasteiger partial charge in [0.2, 0.25) is 0 Å². The van der Waals surface area contributed by atoms with E-state index in [0.717, 1.165) is 29.9 Å². The smallest absolute Gasteiger partial charge is 0.322 e. The van der Waals surface area contributed by atoms with Crippen LogP contribution in [0, 0.1) is 6.92 Å². The summed E-state index contributed by atoms with van der Waals surface area (Å²) in [6.07, 6.45) is 3.09. The number of amides is 2. The maximum atomic E-state index is 13.1. The van der Waals surface area contributed by atoms with Gasteiger partial charge < -0.3 is 14.8 Å². The van der Waals surface area contributed by atoms with E-state index in [-0.39, 0.29) is 12.1 Å². The van der Waals surface area contributed by atoms with Crippen molar-refractivity contribution in [3.63, 3.8) is 0 Å². The highest BCUT2D eigenvalue weighted by atomic mass is 16.2. The number of nitrogens with one attached hydrogen (secondary N) is 1. The van der Waals surface area contributed by atoms with Crippen LogP contribution in [0.3, 0.4) is 0 Å². The second kappa shape index (κ2) is 7.31. The molecule has 0 unspecified atom stereocenters. The third kappa shape index (κ3) is 3.47. The number of benzene rings is 2. The Balaban J connectivity index is 1.63. The highest BCUT2D eigenvalue weighted by Crippen LogP contribution is 2.33.